The molecule has 71 heavy (non-hydrogen) atoms. The summed E-state index contributed by atoms with van der Waals surface area (Å²) in [5.74, 6) is -2.12. The van der Waals surface area contributed by atoms with Crippen LogP contribution in [0.25, 0.3) is 0 Å². The maximum Gasteiger partial charge on any atom is 0.426 e. The Morgan fingerprint density at radius 3 is 2.31 bits per heavy atom. The molecular formula is C51H81FN8O8S3. The number of nitrogens with one attached hydrogen (secondary N) is 4. The third kappa shape index (κ3) is 19.8. The molecule has 4 rings (SSSR count). The Balaban J connectivity index is 1.31. The number of hydrogen-bond acceptors (Lipinski definition) is 14. The maximum atomic E-state index is 14.5. The number of halogens is 1. The minimum atomic E-state index is -0.915. The molecule has 0 bridgehead atoms. The van der Waals surface area contributed by atoms with Crippen molar-refractivity contribution in [2.45, 2.75) is 174 Å². The number of carbonyl (C=O) groups excluding carboxylic acids is 6. The van der Waals surface area contributed by atoms with Crippen molar-refractivity contribution >= 4 is 68.6 Å². The van der Waals surface area contributed by atoms with Crippen molar-refractivity contribution in [3.63, 3.8) is 0 Å². The number of ether oxygens (including phenoxy) is 2. The van der Waals surface area contributed by atoms with E-state index in [1.165, 1.54) is 64.0 Å². The topological polar surface area (TPSA) is 214 Å². The number of nitrogens with zero attached hydrogens (tertiary/aromatic N) is 3. The van der Waals surface area contributed by atoms with Gasteiger partial charge in [-0.2, -0.15) is 0 Å². The molecule has 0 radical (unpaired) electrons. The van der Waals surface area contributed by atoms with Gasteiger partial charge in [0.15, 0.2) is 6.10 Å². The Morgan fingerprint density at radius 1 is 0.958 bits per heavy atom. The summed E-state index contributed by atoms with van der Waals surface area (Å²) in [5.41, 5.74) is 11.5. The lowest BCUT2D eigenvalue weighted by Gasteiger charge is -2.38. The van der Waals surface area contributed by atoms with Crippen LogP contribution in [-0.2, 0) is 35.1 Å². The highest BCUT2D eigenvalue weighted by atomic mass is 33.1. The number of likely N-dealkylation sites (N-methyl/N-ethyl adjacent to an activating group) is 2. The molecule has 398 valence electrons. The lowest BCUT2D eigenvalue weighted by atomic mass is 9.79. The molecule has 1 aliphatic heterocycles. The zero-order valence-electron chi connectivity index (χ0n) is 43.1. The van der Waals surface area contributed by atoms with Gasteiger partial charge in [0.25, 0.3) is 5.91 Å². The van der Waals surface area contributed by atoms with Crippen molar-refractivity contribution in [3.05, 3.63) is 51.2 Å². The van der Waals surface area contributed by atoms with Crippen molar-refractivity contribution in [2.75, 3.05) is 45.3 Å². The second-order valence-electron chi connectivity index (χ2n) is 19.4. The van der Waals surface area contributed by atoms with Gasteiger partial charge in [-0.05, 0) is 93.8 Å². The lowest BCUT2D eigenvalue weighted by Crippen LogP contribution is -2.58. The quantitative estimate of drug-likeness (QED) is 0.0225. The van der Waals surface area contributed by atoms with Crippen LogP contribution in [0.1, 0.15) is 170 Å². The lowest BCUT2D eigenvalue weighted by molar-refractivity contribution is -0.149. The van der Waals surface area contributed by atoms with E-state index in [2.05, 4.69) is 26.5 Å². The van der Waals surface area contributed by atoms with E-state index < -0.39 is 59.8 Å². The van der Waals surface area contributed by atoms with Gasteiger partial charge in [-0.25, -0.2) is 19.6 Å². The Morgan fingerprint density at radius 2 is 1.65 bits per heavy atom. The zero-order valence-corrected chi connectivity index (χ0v) is 45.5. The van der Waals surface area contributed by atoms with Crippen LogP contribution in [-0.4, -0.2) is 120 Å². The number of amides is 5. The number of unbranched alkanes of at least 4 members (excludes halogenated alkanes) is 8. The molecule has 1 aromatic heterocycles. The number of thiazole rings is 1. The smallest absolute Gasteiger partial charge is 0.426 e. The predicted octanol–water partition coefficient (Wildman–Crippen LogP) is 8.21. The number of fused-ring (bicyclic) bond motifs is 1. The first-order chi connectivity index (χ1) is 34.0. The second kappa shape index (κ2) is 31.6. The Hall–Kier alpha value is -3.98. The number of nitrogens with two attached hydrogens (primary N) is 1. The SMILES string of the molecule is CC[C@H](C)C(NC(=O)C1CCCCN1C)C(=O)N(C)[C@H](C[C@@H](OC(C)=O)c1nc(C(=O)N[C@H]2Cc3ccc(F)cc3[C@H](C(=O)NNC(=O)OCCSSCCCCCCCCCCCN)C2)cs1)C(C)C. The van der Waals surface area contributed by atoms with Crippen LogP contribution >= 0.6 is 32.9 Å². The summed E-state index contributed by atoms with van der Waals surface area (Å²) >= 11 is 1.15. The van der Waals surface area contributed by atoms with Crippen LogP contribution in [0.4, 0.5) is 9.18 Å². The van der Waals surface area contributed by atoms with Crippen molar-refractivity contribution < 1.29 is 42.6 Å². The Labute approximate surface area is 433 Å². The summed E-state index contributed by atoms with van der Waals surface area (Å²) in [7, 11) is 7.02. The molecule has 1 saturated heterocycles. The molecule has 2 heterocycles. The summed E-state index contributed by atoms with van der Waals surface area (Å²) in [6, 6.07) is 2.11. The summed E-state index contributed by atoms with van der Waals surface area (Å²) < 4.78 is 25.6. The molecule has 20 heteroatoms. The molecule has 0 saturated carbocycles. The molecule has 0 spiro atoms. The molecular weight excluding hydrogens is 968 g/mol. The van der Waals surface area contributed by atoms with Gasteiger partial charge in [-0.15, -0.1) is 11.3 Å². The number of aromatic nitrogens is 1. The highest BCUT2D eigenvalue weighted by Crippen LogP contribution is 2.34. The van der Waals surface area contributed by atoms with E-state index in [-0.39, 0.29) is 54.8 Å². The average molecular weight is 1050 g/mol. The number of piperidine rings is 1. The normalized spacial score (nSPS) is 18.6. The van der Waals surface area contributed by atoms with Gasteiger partial charge < -0.3 is 30.7 Å². The van der Waals surface area contributed by atoms with Gasteiger partial charge in [0, 0.05) is 49.4 Å². The summed E-state index contributed by atoms with van der Waals surface area (Å²) in [5, 5.41) is 7.99. The van der Waals surface area contributed by atoms with E-state index in [1.807, 2.05) is 39.6 Å². The van der Waals surface area contributed by atoms with Crippen LogP contribution in [0.15, 0.2) is 23.6 Å². The second-order valence-corrected chi connectivity index (χ2v) is 23.0. The number of rotatable bonds is 29. The first kappa shape index (κ1) is 59.6. The summed E-state index contributed by atoms with van der Waals surface area (Å²) in [6.07, 6.45) is 13.3. The van der Waals surface area contributed by atoms with Gasteiger partial charge in [0.1, 0.15) is 29.2 Å². The number of esters is 1. The molecule has 16 nitrogen and oxygen atoms in total. The van der Waals surface area contributed by atoms with E-state index >= 15 is 0 Å². The molecule has 2 aliphatic rings. The van der Waals surface area contributed by atoms with E-state index in [1.54, 1.807) is 45.0 Å². The maximum absolute atomic E-state index is 14.5. The third-order valence-corrected chi connectivity index (χ3v) is 17.0. The number of benzene rings is 1. The first-order valence-corrected chi connectivity index (χ1v) is 29.1. The van der Waals surface area contributed by atoms with E-state index in [9.17, 15) is 33.2 Å². The Kier molecular flexibility index (Phi) is 26.5. The van der Waals surface area contributed by atoms with Crippen molar-refractivity contribution in [1.82, 2.24) is 36.3 Å². The fraction of sp³-hybridized carbons (Fsp3) is 0.706. The first-order valence-electron chi connectivity index (χ1n) is 25.7. The van der Waals surface area contributed by atoms with E-state index in [0.29, 0.717) is 34.7 Å². The van der Waals surface area contributed by atoms with Crippen LogP contribution < -0.4 is 27.2 Å². The molecule has 7 atom stereocenters. The van der Waals surface area contributed by atoms with Crippen LogP contribution in [0.5, 0.6) is 0 Å². The predicted molar refractivity (Wildman–Crippen MR) is 281 cm³/mol. The van der Waals surface area contributed by atoms with E-state index in [4.69, 9.17) is 15.2 Å². The number of likely N-dealkylation sites (tertiary alicyclic amines) is 1. The third-order valence-electron chi connectivity index (χ3n) is 13.6. The Bertz CT molecular complexity index is 2010. The van der Waals surface area contributed by atoms with Crippen molar-refractivity contribution in [2.24, 2.45) is 17.6 Å². The minimum Gasteiger partial charge on any atom is -0.455 e. The molecule has 1 aliphatic carbocycles. The summed E-state index contributed by atoms with van der Waals surface area (Å²) in [4.78, 5) is 88.5. The summed E-state index contributed by atoms with van der Waals surface area (Å²) in [6.45, 7) is 10.9. The molecule has 1 aromatic carbocycles. The molecule has 2 unspecified atom stereocenters. The standard InChI is InChI=1S/C51H81FN8O8S3/c1-8-34(4)45(56-48(64)42-20-16-18-24-59(42)6)50(65)60(7)43(33(2)3)31-44(68-35(5)61)49-55-41(32-69-49)47(63)54-38-28-36-21-22-37(52)29-39(36)40(30-38)46(62)57-58-51(66)67-25-27-71-70-26-19-15-13-11-9-10-12-14-17-23-53/h21-22,29,32-34,38,40,42-45H,8-20,23-28,30-31,53H2,1-7H3,(H,54,63)(H,56,64)(H,57,62)(H,58,66)/t34-,38-,40+,42?,43+,44+,45?/m0/s1. The largest absolute Gasteiger partial charge is 0.455 e. The fourth-order valence-electron chi connectivity index (χ4n) is 9.28. The van der Waals surface area contributed by atoms with Gasteiger partial charge >= 0.3 is 12.1 Å². The highest BCUT2D eigenvalue weighted by molar-refractivity contribution is 8.76. The van der Waals surface area contributed by atoms with E-state index in [0.717, 1.165) is 62.3 Å². The molecule has 5 amide bonds. The zero-order chi connectivity index (χ0) is 51.9. The van der Waals surface area contributed by atoms with Crippen molar-refractivity contribution in [1.29, 1.82) is 0 Å². The van der Waals surface area contributed by atoms with Crippen molar-refractivity contribution in [3.8, 4) is 0 Å². The monoisotopic (exact) mass is 1050 g/mol. The fourth-order valence-corrected chi connectivity index (χ4v) is 12.1. The number of carbonyl (C=O) groups is 6. The molecule has 1 fully saturated rings. The average Bonchev–Trinajstić information content (AvgIpc) is 3.85. The number of hydrogen-bond donors (Lipinski definition) is 5. The highest BCUT2D eigenvalue weighted by Gasteiger charge is 2.38. The van der Waals surface area contributed by atoms with Gasteiger partial charge in [-0.3, -0.25) is 34.3 Å². The minimum absolute atomic E-state index is 0.0719. The van der Waals surface area contributed by atoms with Crippen LogP contribution in [0, 0.1) is 17.7 Å². The van der Waals surface area contributed by atoms with Crippen LogP contribution in [0.2, 0.25) is 0 Å². The van der Waals surface area contributed by atoms with Crippen LogP contribution in [0.3, 0.4) is 0 Å². The number of hydrazine groups is 1. The van der Waals surface area contributed by atoms with Gasteiger partial charge in [0.2, 0.25) is 17.7 Å². The van der Waals surface area contributed by atoms with Gasteiger partial charge in [0.05, 0.1) is 12.0 Å². The molecule has 2 aromatic rings. The molecule has 6 N–H and O–H groups in total. The van der Waals surface area contributed by atoms with Gasteiger partial charge in [-0.1, -0.05) is 113 Å².